The lowest BCUT2D eigenvalue weighted by atomic mass is 9.78. The molecule has 0 aromatic heterocycles. The molecule has 1 unspecified atom stereocenters. The molecule has 8 heteroatoms. The van der Waals surface area contributed by atoms with E-state index in [9.17, 15) is 22.0 Å². The smallest absolute Gasteiger partial charge is 0.239 e. The maximum absolute atomic E-state index is 12.5. The summed E-state index contributed by atoms with van der Waals surface area (Å²) in [5.74, 6) is -0.404. The first-order chi connectivity index (χ1) is 10.2. The highest BCUT2D eigenvalue weighted by molar-refractivity contribution is 7.89. The predicted octanol–water partition coefficient (Wildman–Crippen LogP) is 1.55. The summed E-state index contributed by atoms with van der Waals surface area (Å²) in [5, 5.41) is 0. The Labute approximate surface area is 130 Å². The van der Waals surface area contributed by atoms with Crippen LogP contribution in [0.25, 0.3) is 0 Å². The number of carbonyl (C=O) groups excluding carboxylic acids is 1. The van der Waals surface area contributed by atoms with Gasteiger partial charge >= 0.3 is 0 Å². The number of amides is 1. The molecule has 2 aliphatic rings. The van der Waals surface area contributed by atoms with Gasteiger partial charge in [-0.15, -0.1) is 0 Å². The normalized spacial score (nSPS) is 26.0. The number of alkyl halides is 2. The molecule has 0 N–H and O–H groups in total. The van der Waals surface area contributed by atoms with Crippen LogP contribution >= 0.6 is 0 Å². The van der Waals surface area contributed by atoms with Gasteiger partial charge in [-0.25, -0.2) is 21.5 Å². The molecule has 0 aromatic carbocycles. The second-order valence-electron chi connectivity index (χ2n) is 6.70. The standard InChI is InChI=1S/C14H24F2N2O3S/c1-3-22(20,21)18-6-4-5-11(8-18)13(19)17-9-14(2,10-17)7-12(15)16/h11-12H,3-10H2,1-2H3. The molecule has 2 rings (SSSR count). The van der Waals surface area contributed by atoms with Gasteiger partial charge in [0.05, 0.1) is 11.7 Å². The Bertz CT molecular complexity index is 518. The summed E-state index contributed by atoms with van der Waals surface area (Å²) in [6.07, 6.45) is -1.23. The number of sulfonamides is 1. The molecule has 2 saturated heterocycles. The zero-order chi connectivity index (χ0) is 16.5. The maximum atomic E-state index is 12.5. The minimum absolute atomic E-state index is 0.0318. The summed E-state index contributed by atoms with van der Waals surface area (Å²) in [7, 11) is -3.28. The van der Waals surface area contributed by atoms with Crippen LogP contribution in [0, 0.1) is 11.3 Å². The summed E-state index contributed by atoms with van der Waals surface area (Å²) in [6.45, 7) is 4.71. The van der Waals surface area contributed by atoms with Crippen LogP contribution in [0.2, 0.25) is 0 Å². The molecule has 0 aromatic rings. The quantitative estimate of drug-likeness (QED) is 0.764. The molecule has 0 saturated carbocycles. The zero-order valence-electron chi connectivity index (χ0n) is 13.1. The van der Waals surface area contributed by atoms with Gasteiger partial charge in [-0.3, -0.25) is 4.79 Å². The molecule has 5 nitrogen and oxygen atoms in total. The Kier molecular flexibility index (Phi) is 5.11. The molecule has 1 atom stereocenters. The van der Waals surface area contributed by atoms with Crippen molar-refractivity contribution in [3.63, 3.8) is 0 Å². The Morgan fingerprint density at radius 1 is 1.36 bits per heavy atom. The van der Waals surface area contributed by atoms with Crippen molar-refractivity contribution in [2.75, 3.05) is 31.9 Å². The Hall–Kier alpha value is -0.760. The van der Waals surface area contributed by atoms with E-state index in [1.807, 2.05) is 0 Å². The zero-order valence-corrected chi connectivity index (χ0v) is 13.9. The van der Waals surface area contributed by atoms with Gasteiger partial charge < -0.3 is 4.90 Å². The van der Waals surface area contributed by atoms with Crippen molar-refractivity contribution < 1.29 is 22.0 Å². The van der Waals surface area contributed by atoms with Crippen LogP contribution in [0.1, 0.15) is 33.1 Å². The summed E-state index contributed by atoms with van der Waals surface area (Å²) < 4.78 is 50.2. The van der Waals surface area contributed by atoms with Crippen LogP contribution in [0.4, 0.5) is 8.78 Å². The second kappa shape index (κ2) is 6.39. The SMILES string of the molecule is CCS(=O)(=O)N1CCCC(C(=O)N2CC(C)(CC(F)F)C2)C1. The van der Waals surface area contributed by atoms with E-state index < -0.39 is 21.9 Å². The van der Waals surface area contributed by atoms with Crippen molar-refractivity contribution in [1.82, 2.24) is 9.21 Å². The lowest BCUT2D eigenvalue weighted by Crippen LogP contribution is -2.60. The van der Waals surface area contributed by atoms with Crippen LogP contribution in [0.15, 0.2) is 0 Å². The maximum Gasteiger partial charge on any atom is 0.239 e. The molecule has 0 aliphatic carbocycles. The van der Waals surface area contributed by atoms with Gasteiger partial charge in [0, 0.05) is 38.0 Å². The first-order valence-corrected chi connectivity index (χ1v) is 9.32. The van der Waals surface area contributed by atoms with E-state index in [-0.39, 0.29) is 30.5 Å². The molecule has 2 fully saturated rings. The van der Waals surface area contributed by atoms with E-state index in [0.29, 0.717) is 32.5 Å². The van der Waals surface area contributed by atoms with Gasteiger partial charge in [0.25, 0.3) is 0 Å². The van der Waals surface area contributed by atoms with Crippen molar-refractivity contribution in [2.45, 2.75) is 39.5 Å². The van der Waals surface area contributed by atoms with Gasteiger partial charge in [0.2, 0.25) is 22.4 Å². The number of rotatable bonds is 5. The fraction of sp³-hybridized carbons (Fsp3) is 0.929. The van der Waals surface area contributed by atoms with Crippen molar-refractivity contribution in [3.8, 4) is 0 Å². The topological polar surface area (TPSA) is 57.7 Å². The number of hydrogen-bond acceptors (Lipinski definition) is 3. The fourth-order valence-electron chi connectivity index (χ4n) is 3.37. The van der Waals surface area contributed by atoms with Crippen molar-refractivity contribution in [2.24, 2.45) is 11.3 Å². The first-order valence-electron chi connectivity index (χ1n) is 7.71. The van der Waals surface area contributed by atoms with Gasteiger partial charge in [0.15, 0.2) is 0 Å². The van der Waals surface area contributed by atoms with Crippen LogP contribution in [0.5, 0.6) is 0 Å². The molecule has 128 valence electrons. The van der Waals surface area contributed by atoms with E-state index in [2.05, 4.69) is 0 Å². The average Bonchev–Trinajstić information content (AvgIpc) is 2.43. The molecule has 22 heavy (non-hydrogen) atoms. The highest BCUT2D eigenvalue weighted by atomic mass is 32.2. The third-order valence-corrected chi connectivity index (χ3v) is 6.44. The number of halogens is 2. The lowest BCUT2D eigenvalue weighted by Gasteiger charge is -2.49. The number of piperidine rings is 1. The third kappa shape index (κ3) is 3.76. The van der Waals surface area contributed by atoms with E-state index in [0.717, 1.165) is 0 Å². The number of nitrogens with zero attached hydrogens (tertiary/aromatic N) is 2. The van der Waals surface area contributed by atoms with Crippen molar-refractivity contribution >= 4 is 15.9 Å². The van der Waals surface area contributed by atoms with Gasteiger partial charge in [-0.05, 0) is 19.8 Å². The van der Waals surface area contributed by atoms with E-state index >= 15 is 0 Å². The van der Waals surface area contributed by atoms with E-state index in [1.54, 1.807) is 18.7 Å². The summed E-state index contributed by atoms with van der Waals surface area (Å²) in [4.78, 5) is 14.0. The average molecular weight is 338 g/mol. The van der Waals surface area contributed by atoms with Crippen LogP contribution in [-0.4, -0.2) is 61.9 Å². The second-order valence-corrected chi connectivity index (χ2v) is 8.96. The molecule has 2 heterocycles. The highest BCUT2D eigenvalue weighted by Crippen LogP contribution is 2.37. The van der Waals surface area contributed by atoms with Crippen LogP contribution in [-0.2, 0) is 14.8 Å². The summed E-state index contributed by atoms with van der Waals surface area (Å²) >= 11 is 0. The van der Waals surface area contributed by atoms with Crippen molar-refractivity contribution in [3.05, 3.63) is 0 Å². The van der Waals surface area contributed by atoms with Gasteiger partial charge in [0.1, 0.15) is 0 Å². The number of likely N-dealkylation sites (tertiary alicyclic amines) is 1. The van der Waals surface area contributed by atoms with E-state index in [1.165, 1.54) is 4.31 Å². The molecule has 0 bridgehead atoms. The molecule has 2 aliphatic heterocycles. The molecular formula is C14H24F2N2O3S. The molecule has 0 spiro atoms. The number of carbonyl (C=O) groups is 1. The largest absolute Gasteiger partial charge is 0.341 e. The molecule has 1 amide bonds. The molecular weight excluding hydrogens is 314 g/mol. The third-order valence-electron chi connectivity index (χ3n) is 4.60. The minimum atomic E-state index is -3.28. The van der Waals surface area contributed by atoms with Crippen LogP contribution < -0.4 is 0 Å². The lowest BCUT2D eigenvalue weighted by molar-refractivity contribution is -0.150. The first kappa shape index (κ1) is 17.6. The summed E-state index contributed by atoms with van der Waals surface area (Å²) in [6, 6.07) is 0. The Balaban J connectivity index is 1.92. The minimum Gasteiger partial charge on any atom is -0.341 e. The predicted molar refractivity (Wildman–Crippen MR) is 79.1 cm³/mol. The monoisotopic (exact) mass is 338 g/mol. The van der Waals surface area contributed by atoms with Crippen LogP contribution in [0.3, 0.4) is 0 Å². The summed E-state index contributed by atoms with van der Waals surface area (Å²) in [5.41, 5.74) is -0.506. The Morgan fingerprint density at radius 3 is 2.55 bits per heavy atom. The highest BCUT2D eigenvalue weighted by Gasteiger charge is 2.45. The molecule has 0 radical (unpaired) electrons. The number of hydrogen-bond donors (Lipinski definition) is 0. The van der Waals surface area contributed by atoms with Gasteiger partial charge in [-0.2, -0.15) is 0 Å². The fourth-order valence-corrected chi connectivity index (χ4v) is 4.55. The van der Waals surface area contributed by atoms with Crippen molar-refractivity contribution in [1.29, 1.82) is 0 Å². The van der Waals surface area contributed by atoms with Gasteiger partial charge in [-0.1, -0.05) is 6.92 Å². The Morgan fingerprint density at radius 2 is 2.00 bits per heavy atom. The van der Waals surface area contributed by atoms with E-state index in [4.69, 9.17) is 0 Å².